The van der Waals surface area contributed by atoms with Crippen molar-refractivity contribution in [3.05, 3.63) is 83.9 Å². The molecule has 0 N–H and O–H groups in total. The minimum atomic E-state index is 1.30. The van der Waals surface area contributed by atoms with Gasteiger partial charge in [-0.2, -0.15) is 0 Å². The summed E-state index contributed by atoms with van der Waals surface area (Å²) in [6.45, 7) is 4.36. The fraction of sp³-hybridized carbons (Fsp3) is 0.0909. The fourth-order valence-electron chi connectivity index (χ4n) is 3.32. The van der Waals surface area contributed by atoms with Crippen LogP contribution in [-0.2, 0) is 0 Å². The summed E-state index contributed by atoms with van der Waals surface area (Å²) in [5, 5.41) is 5.28. The van der Waals surface area contributed by atoms with Gasteiger partial charge >= 0.3 is 0 Å². The van der Waals surface area contributed by atoms with Crippen molar-refractivity contribution in [1.82, 2.24) is 0 Å². The Bertz CT molecular complexity index is 993. The molecule has 106 valence electrons. The van der Waals surface area contributed by atoms with Crippen molar-refractivity contribution in [3.63, 3.8) is 0 Å². The maximum atomic E-state index is 2.31. The Kier molecular flexibility index (Phi) is 2.97. The molecule has 4 aromatic carbocycles. The Hall–Kier alpha value is -2.60. The molecule has 0 aromatic heterocycles. The van der Waals surface area contributed by atoms with E-state index in [4.69, 9.17) is 0 Å². The van der Waals surface area contributed by atoms with E-state index >= 15 is 0 Å². The Morgan fingerprint density at radius 3 is 2.18 bits per heavy atom. The van der Waals surface area contributed by atoms with Crippen LogP contribution < -0.4 is 0 Å². The first-order valence-electron chi connectivity index (χ1n) is 7.72. The Labute approximate surface area is 131 Å². The molecule has 0 aliphatic heterocycles. The minimum Gasteiger partial charge on any atom is -0.0620 e. The molecule has 0 fully saturated rings. The Morgan fingerprint density at radius 1 is 0.591 bits per heavy atom. The summed E-state index contributed by atoms with van der Waals surface area (Å²) in [7, 11) is 0. The number of rotatable bonds is 1. The van der Waals surface area contributed by atoms with Gasteiger partial charge in [0, 0.05) is 0 Å². The molecule has 4 aromatic rings. The highest BCUT2D eigenvalue weighted by Crippen LogP contribution is 2.38. The second-order valence-electron chi connectivity index (χ2n) is 6.01. The zero-order valence-corrected chi connectivity index (χ0v) is 12.9. The molecule has 0 radical (unpaired) electrons. The summed E-state index contributed by atoms with van der Waals surface area (Å²) < 4.78 is 0. The van der Waals surface area contributed by atoms with E-state index in [-0.39, 0.29) is 0 Å². The van der Waals surface area contributed by atoms with Crippen LogP contribution in [0.2, 0.25) is 0 Å². The van der Waals surface area contributed by atoms with Gasteiger partial charge in [-0.3, -0.25) is 0 Å². The van der Waals surface area contributed by atoms with Crippen molar-refractivity contribution in [3.8, 4) is 11.1 Å². The van der Waals surface area contributed by atoms with E-state index in [1.54, 1.807) is 0 Å². The van der Waals surface area contributed by atoms with Crippen molar-refractivity contribution in [2.75, 3.05) is 0 Å². The summed E-state index contributed by atoms with van der Waals surface area (Å²) in [5.74, 6) is 0. The molecule has 0 bridgehead atoms. The number of fused-ring (bicyclic) bond motifs is 2. The summed E-state index contributed by atoms with van der Waals surface area (Å²) >= 11 is 0. The lowest BCUT2D eigenvalue weighted by atomic mass is 9.89. The molecule has 0 aliphatic rings. The zero-order valence-electron chi connectivity index (χ0n) is 12.9. The number of hydrogen-bond donors (Lipinski definition) is 0. The van der Waals surface area contributed by atoms with Crippen molar-refractivity contribution in [1.29, 1.82) is 0 Å². The van der Waals surface area contributed by atoms with Crippen LogP contribution in [0.4, 0.5) is 0 Å². The average molecular weight is 282 g/mol. The highest BCUT2D eigenvalue weighted by Gasteiger charge is 2.11. The van der Waals surface area contributed by atoms with Gasteiger partial charge in [-0.1, -0.05) is 72.3 Å². The molecule has 0 unspecified atom stereocenters. The largest absolute Gasteiger partial charge is 0.0620 e. The van der Waals surface area contributed by atoms with Crippen LogP contribution in [0, 0.1) is 13.8 Å². The minimum absolute atomic E-state index is 1.30. The van der Waals surface area contributed by atoms with E-state index in [1.165, 1.54) is 43.8 Å². The van der Waals surface area contributed by atoms with Crippen LogP contribution >= 0.6 is 0 Å². The van der Waals surface area contributed by atoms with E-state index < -0.39 is 0 Å². The third-order valence-electron chi connectivity index (χ3n) is 4.43. The smallest absolute Gasteiger partial charge is 0.00241 e. The lowest BCUT2D eigenvalue weighted by Gasteiger charge is -2.14. The monoisotopic (exact) mass is 282 g/mol. The van der Waals surface area contributed by atoms with Crippen molar-refractivity contribution in [2.45, 2.75) is 13.8 Å². The first-order chi connectivity index (χ1) is 10.7. The number of hydrogen-bond acceptors (Lipinski definition) is 0. The zero-order chi connectivity index (χ0) is 15.1. The second kappa shape index (κ2) is 4.99. The van der Waals surface area contributed by atoms with Crippen LogP contribution in [0.15, 0.2) is 72.8 Å². The highest BCUT2D eigenvalue weighted by atomic mass is 14.1. The number of benzene rings is 4. The molecule has 0 heteroatoms. The molecule has 0 atom stereocenters. The van der Waals surface area contributed by atoms with Crippen LogP contribution in [0.1, 0.15) is 11.1 Å². The van der Waals surface area contributed by atoms with Gasteiger partial charge in [-0.15, -0.1) is 0 Å². The van der Waals surface area contributed by atoms with E-state index in [0.717, 1.165) is 0 Å². The normalized spacial score (nSPS) is 11.2. The molecular formula is C22H18. The Morgan fingerprint density at radius 2 is 1.32 bits per heavy atom. The van der Waals surface area contributed by atoms with Gasteiger partial charge < -0.3 is 0 Å². The van der Waals surface area contributed by atoms with Crippen LogP contribution in [0.3, 0.4) is 0 Å². The van der Waals surface area contributed by atoms with Crippen molar-refractivity contribution in [2.24, 2.45) is 0 Å². The molecule has 4 rings (SSSR count). The van der Waals surface area contributed by atoms with Gasteiger partial charge in [0.05, 0.1) is 0 Å². The highest BCUT2D eigenvalue weighted by molar-refractivity contribution is 6.13. The molecule has 0 spiro atoms. The molecule has 0 amide bonds. The van der Waals surface area contributed by atoms with E-state index in [0.29, 0.717) is 0 Å². The molecular weight excluding hydrogens is 264 g/mol. The van der Waals surface area contributed by atoms with E-state index in [9.17, 15) is 0 Å². The van der Waals surface area contributed by atoms with Crippen LogP contribution in [-0.4, -0.2) is 0 Å². The van der Waals surface area contributed by atoms with E-state index in [2.05, 4.69) is 86.6 Å². The van der Waals surface area contributed by atoms with Gasteiger partial charge in [0.2, 0.25) is 0 Å². The summed E-state index contributed by atoms with van der Waals surface area (Å²) in [6.07, 6.45) is 0. The van der Waals surface area contributed by atoms with Crippen molar-refractivity contribution < 1.29 is 0 Å². The second-order valence-corrected chi connectivity index (χ2v) is 6.01. The summed E-state index contributed by atoms with van der Waals surface area (Å²) in [6, 6.07) is 26.4. The standard InChI is InChI=1S/C22H18/c1-15-11-12-18-14-17-8-4-6-10-20(17)22(21(18)13-15)19-9-5-3-7-16(19)2/h3-14H,1-2H3. The van der Waals surface area contributed by atoms with Gasteiger partial charge in [0.25, 0.3) is 0 Å². The lowest BCUT2D eigenvalue weighted by molar-refractivity contribution is 1.47. The lowest BCUT2D eigenvalue weighted by Crippen LogP contribution is -1.88. The maximum absolute atomic E-state index is 2.31. The predicted octanol–water partition coefficient (Wildman–Crippen LogP) is 6.28. The quantitative estimate of drug-likeness (QED) is 0.360. The van der Waals surface area contributed by atoms with Gasteiger partial charge in [0.15, 0.2) is 0 Å². The third kappa shape index (κ3) is 2.00. The van der Waals surface area contributed by atoms with E-state index in [1.807, 2.05) is 0 Å². The summed E-state index contributed by atoms with van der Waals surface area (Å²) in [4.78, 5) is 0. The fourth-order valence-corrected chi connectivity index (χ4v) is 3.32. The van der Waals surface area contributed by atoms with Gasteiger partial charge in [-0.25, -0.2) is 0 Å². The molecule has 0 nitrogen and oxygen atoms in total. The molecule has 0 saturated heterocycles. The van der Waals surface area contributed by atoms with Crippen molar-refractivity contribution >= 4 is 21.5 Å². The first-order valence-corrected chi connectivity index (χ1v) is 7.72. The summed E-state index contributed by atoms with van der Waals surface area (Å²) in [5.41, 5.74) is 5.31. The Balaban J connectivity index is 2.25. The number of aryl methyl sites for hydroxylation is 2. The first kappa shape index (κ1) is 13.1. The average Bonchev–Trinajstić information content (AvgIpc) is 2.54. The maximum Gasteiger partial charge on any atom is -0.00241 e. The SMILES string of the molecule is Cc1ccc2cc3ccccc3c(-c3ccccc3C)c2c1. The third-order valence-corrected chi connectivity index (χ3v) is 4.43. The molecule has 22 heavy (non-hydrogen) atoms. The van der Waals surface area contributed by atoms with Gasteiger partial charge in [0.1, 0.15) is 0 Å². The molecule has 0 heterocycles. The van der Waals surface area contributed by atoms with Crippen LogP contribution in [0.25, 0.3) is 32.7 Å². The van der Waals surface area contributed by atoms with Crippen LogP contribution in [0.5, 0.6) is 0 Å². The predicted molar refractivity (Wildman–Crippen MR) is 96.4 cm³/mol. The molecule has 0 aliphatic carbocycles. The topological polar surface area (TPSA) is 0 Å². The molecule has 0 saturated carbocycles. The van der Waals surface area contributed by atoms with Gasteiger partial charge in [-0.05, 0) is 58.1 Å².